The van der Waals surface area contributed by atoms with Crippen LogP contribution >= 0.6 is 0 Å². The Morgan fingerprint density at radius 3 is 2.35 bits per heavy atom. The topological polar surface area (TPSA) is 56.0 Å². The van der Waals surface area contributed by atoms with Gasteiger partial charge >= 0.3 is 0 Å². The normalized spacial score (nSPS) is 12.1. The van der Waals surface area contributed by atoms with Crippen LogP contribution in [0.4, 0.5) is 10.2 Å². The van der Waals surface area contributed by atoms with Gasteiger partial charge in [0.2, 0.25) is 0 Å². The van der Waals surface area contributed by atoms with E-state index in [9.17, 15) is 8.60 Å². The number of hydrogen-bond acceptors (Lipinski definition) is 3. The molecule has 0 amide bonds. The van der Waals surface area contributed by atoms with Gasteiger partial charge in [-0.15, -0.1) is 0 Å². The minimum Gasteiger partial charge on any atom is -0.383 e. The molecule has 0 radical (unpaired) electrons. The van der Waals surface area contributed by atoms with Crippen molar-refractivity contribution in [2.75, 3.05) is 12.0 Å². The van der Waals surface area contributed by atoms with Gasteiger partial charge in [0.15, 0.2) is 0 Å². The van der Waals surface area contributed by atoms with Gasteiger partial charge in [0.25, 0.3) is 0 Å². The van der Waals surface area contributed by atoms with Gasteiger partial charge in [-0.1, -0.05) is 30.3 Å². The fraction of sp³-hybridized carbons (Fsp3) is 0.0556. The van der Waals surface area contributed by atoms with E-state index in [0.29, 0.717) is 11.1 Å². The number of benzene rings is 2. The molecule has 0 aliphatic carbocycles. The van der Waals surface area contributed by atoms with Crippen LogP contribution < -0.4 is 5.73 Å². The maximum absolute atomic E-state index is 14.2. The zero-order valence-electron chi connectivity index (χ0n) is 12.5. The summed E-state index contributed by atoms with van der Waals surface area (Å²) >= 11 is 0. The van der Waals surface area contributed by atoms with E-state index in [4.69, 9.17) is 5.73 Å². The first-order valence-corrected chi connectivity index (χ1v) is 8.57. The maximum atomic E-state index is 14.2. The lowest BCUT2D eigenvalue weighted by Gasteiger charge is -2.13. The van der Waals surface area contributed by atoms with Crippen molar-refractivity contribution < 1.29 is 8.60 Å². The molecule has 116 valence electrons. The Hall–Kier alpha value is -2.53. The molecule has 0 aliphatic rings. The predicted octanol–water partition coefficient (Wildman–Crippen LogP) is 3.87. The number of nitrogen functional groups attached to an aromatic ring is 1. The number of nitrogens with zero attached hydrogens (tertiary/aromatic N) is 1. The van der Waals surface area contributed by atoms with Gasteiger partial charge < -0.3 is 5.73 Å². The van der Waals surface area contributed by atoms with E-state index in [1.165, 1.54) is 6.07 Å². The van der Waals surface area contributed by atoms with Crippen molar-refractivity contribution in [2.24, 2.45) is 0 Å². The number of nitrogens with two attached hydrogens (primary N) is 1. The largest absolute Gasteiger partial charge is 0.383 e. The summed E-state index contributed by atoms with van der Waals surface area (Å²) in [6.07, 6.45) is 3.23. The third kappa shape index (κ3) is 3.00. The highest BCUT2D eigenvalue weighted by Crippen LogP contribution is 2.36. The third-order valence-electron chi connectivity index (χ3n) is 3.62. The minimum atomic E-state index is -1.04. The summed E-state index contributed by atoms with van der Waals surface area (Å²) in [5.41, 5.74) is 8.65. The lowest BCUT2D eigenvalue weighted by atomic mass is 9.95. The number of anilines is 1. The molecule has 0 fully saturated rings. The second-order valence-electron chi connectivity index (χ2n) is 5.08. The Labute approximate surface area is 136 Å². The van der Waals surface area contributed by atoms with E-state index in [1.807, 2.05) is 12.1 Å². The summed E-state index contributed by atoms with van der Waals surface area (Å²) in [5.74, 6) is -0.0736. The molecule has 0 spiro atoms. The molecular formula is C18H15FN2OS. The molecular weight excluding hydrogens is 311 g/mol. The molecule has 0 saturated heterocycles. The number of rotatable bonds is 3. The van der Waals surface area contributed by atoms with Crippen molar-refractivity contribution in [3.63, 3.8) is 0 Å². The Kier molecular flexibility index (Phi) is 4.21. The quantitative estimate of drug-likeness (QED) is 0.795. The molecule has 3 aromatic rings. The van der Waals surface area contributed by atoms with Crippen molar-refractivity contribution in [1.82, 2.24) is 4.98 Å². The molecule has 3 rings (SSSR count). The second-order valence-corrected chi connectivity index (χ2v) is 6.46. The number of aromatic nitrogens is 1. The Balaban J connectivity index is 2.19. The van der Waals surface area contributed by atoms with E-state index >= 15 is 0 Å². The zero-order chi connectivity index (χ0) is 16.4. The van der Waals surface area contributed by atoms with Crippen molar-refractivity contribution >= 4 is 16.6 Å². The van der Waals surface area contributed by atoms with Gasteiger partial charge in [-0.3, -0.25) is 4.21 Å². The molecule has 1 heterocycles. The molecule has 0 saturated carbocycles. The fourth-order valence-corrected chi connectivity index (χ4v) is 3.01. The molecule has 3 nitrogen and oxygen atoms in total. The average Bonchev–Trinajstić information content (AvgIpc) is 2.56. The van der Waals surface area contributed by atoms with Gasteiger partial charge in [-0.25, -0.2) is 9.37 Å². The highest BCUT2D eigenvalue weighted by molar-refractivity contribution is 7.84. The van der Waals surface area contributed by atoms with E-state index in [0.717, 1.165) is 16.0 Å². The molecule has 1 atom stereocenters. The first-order valence-electron chi connectivity index (χ1n) is 7.01. The molecule has 2 N–H and O–H groups in total. The molecule has 0 aliphatic heterocycles. The van der Waals surface area contributed by atoms with E-state index in [1.54, 1.807) is 48.9 Å². The van der Waals surface area contributed by atoms with Crippen molar-refractivity contribution in [3.05, 3.63) is 66.6 Å². The van der Waals surface area contributed by atoms with Crippen LogP contribution in [0, 0.1) is 5.82 Å². The zero-order valence-corrected chi connectivity index (χ0v) is 13.3. The van der Waals surface area contributed by atoms with Gasteiger partial charge in [0.1, 0.15) is 11.6 Å². The van der Waals surface area contributed by atoms with E-state index < -0.39 is 10.8 Å². The standard InChI is InChI=1S/C18H15FN2OS/c1-23(22)13-8-6-12(7-9-13)14-10-11-21-18(20)17(14)15-4-2-3-5-16(15)19/h2-11H,1H3,(H2,20,21). The Morgan fingerprint density at radius 1 is 1.00 bits per heavy atom. The van der Waals surface area contributed by atoms with Crippen LogP contribution in [-0.4, -0.2) is 15.4 Å². The lowest BCUT2D eigenvalue weighted by molar-refractivity contribution is 0.631. The molecule has 23 heavy (non-hydrogen) atoms. The number of pyridine rings is 1. The first-order chi connectivity index (χ1) is 11.1. The van der Waals surface area contributed by atoms with E-state index in [-0.39, 0.29) is 11.6 Å². The van der Waals surface area contributed by atoms with Crippen LogP contribution in [0.5, 0.6) is 0 Å². The fourth-order valence-electron chi connectivity index (χ4n) is 2.49. The summed E-state index contributed by atoms with van der Waals surface area (Å²) in [7, 11) is -1.04. The van der Waals surface area contributed by atoms with Gasteiger partial charge in [0, 0.05) is 39.3 Å². The predicted molar refractivity (Wildman–Crippen MR) is 91.8 cm³/mol. The molecule has 0 bridgehead atoms. The van der Waals surface area contributed by atoms with Crippen molar-refractivity contribution in [3.8, 4) is 22.3 Å². The monoisotopic (exact) mass is 326 g/mol. The highest BCUT2D eigenvalue weighted by atomic mass is 32.2. The van der Waals surface area contributed by atoms with Gasteiger partial charge in [-0.2, -0.15) is 0 Å². The average molecular weight is 326 g/mol. The maximum Gasteiger partial charge on any atom is 0.131 e. The van der Waals surface area contributed by atoms with Crippen LogP contribution in [-0.2, 0) is 10.8 Å². The Bertz CT molecular complexity index is 878. The van der Waals surface area contributed by atoms with Gasteiger partial charge in [-0.05, 0) is 35.4 Å². The second kappa shape index (κ2) is 6.30. The van der Waals surface area contributed by atoms with Crippen LogP contribution in [0.25, 0.3) is 22.3 Å². The number of halogens is 1. The van der Waals surface area contributed by atoms with Crippen LogP contribution in [0.15, 0.2) is 65.7 Å². The van der Waals surface area contributed by atoms with Crippen LogP contribution in [0.1, 0.15) is 0 Å². The molecule has 1 aromatic heterocycles. The smallest absolute Gasteiger partial charge is 0.131 e. The SMILES string of the molecule is CS(=O)c1ccc(-c2ccnc(N)c2-c2ccccc2F)cc1. The summed E-state index contributed by atoms with van der Waals surface area (Å²) in [6.45, 7) is 0. The summed E-state index contributed by atoms with van der Waals surface area (Å²) in [4.78, 5) is 4.83. The van der Waals surface area contributed by atoms with Crippen molar-refractivity contribution in [1.29, 1.82) is 0 Å². The third-order valence-corrected chi connectivity index (χ3v) is 4.56. The number of hydrogen-bond donors (Lipinski definition) is 1. The van der Waals surface area contributed by atoms with Crippen LogP contribution in [0.2, 0.25) is 0 Å². The molecule has 5 heteroatoms. The summed E-state index contributed by atoms with van der Waals surface area (Å²) in [6, 6.07) is 15.6. The van der Waals surface area contributed by atoms with Crippen LogP contribution in [0.3, 0.4) is 0 Å². The summed E-state index contributed by atoms with van der Waals surface area (Å²) < 4.78 is 25.7. The lowest BCUT2D eigenvalue weighted by Crippen LogP contribution is -1.98. The molecule has 1 unspecified atom stereocenters. The first kappa shape index (κ1) is 15.4. The van der Waals surface area contributed by atoms with Gasteiger partial charge in [0.05, 0.1) is 0 Å². The van der Waals surface area contributed by atoms with E-state index in [2.05, 4.69) is 4.98 Å². The van der Waals surface area contributed by atoms with Crippen molar-refractivity contribution in [2.45, 2.75) is 4.90 Å². The molecule has 2 aromatic carbocycles. The summed E-state index contributed by atoms with van der Waals surface area (Å²) in [5, 5.41) is 0. The minimum absolute atomic E-state index is 0.274. The Morgan fingerprint density at radius 2 is 1.70 bits per heavy atom. The highest BCUT2D eigenvalue weighted by Gasteiger charge is 2.15.